The quantitative estimate of drug-likeness (QED) is 0.722. The Balaban J connectivity index is 1.60. The van der Waals surface area contributed by atoms with Crippen molar-refractivity contribution < 1.29 is 17.9 Å². The van der Waals surface area contributed by atoms with Gasteiger partial charge in [-0.05, 0) is 50.0 Å². The van der Waals surface area contributed by atoms with E-state index >= 15 is 0 Å². The molecule has 1 aromatic rings. The fraction of sp³-hybridized carbons (Fsp3) is 0.571. The van der Waals surface area contributed by atoms with E-state index in [9.17, 15) is 13.2 Å². The van der Waals surface area contributed by atoms with Gasteiger partial charge in [-0.1, -0.05) is 12.1 Å². The van der Waals surface area contributed by atoms with E-state index in [4.69, 9.17) is 0 Å². The van der Waals surface area contributed by atoms with Gasteiger partial charge >= 0.3 is 6.36 Å². The molecule has 1 fully saturated rings. The molecule has 0 bridgehead atoms. The Morgan fingerprint density at radius 2 is 1.80 bits per heavy atom. The smallest absolute Gasteiger partial charge is 0.406 e. The Hall–Kier alpha value is -1.27. The van der Waals surface area contributed by atoms with Crippen molar-refractivity contribution in [3.63, 3.8) is 0 Å². The summed E-state index contributed by atoms with van der Waals surface area (Å²) in [6, 6.07) is 6.67. The molecule has 1 aliphatic carbocycles. The molecule has 1 aromatic carbocycles. The van der Waals surface area contributed by atoms with Crippen molar-refractivity contribution in [1.29, 1.82) is 0 Å². The summed E-state index contributed by atoms with van der Waals surface area (Å²) < 4.78 is 39.8. The van der Waals surface area contributed by atoms with Crippen molar-refractivity contribution in [2.24, 2.45) is 0 Å². The van der Waals surface area contributed by atoms with E-state index in [1.807, 2.05) is 0 Å². The van der Waals surface area contributed by atoms with Crippen LogP contribution in [0.3, 0.4) is 0 Å². The maximum Gasteiger partial charge on any atom is 0.573 e. The number of rotatable bonds is 8. The predicted molar refractivity (Wildman–Crippen MR) is 70.5 cm³/mol. The third-order valence-electron chi connectivity index (χ3n) is 3.03. The van der Waals surface area contributed by atoms with Gasteiger partial charge in [0.15, 0.2) is 0 Å². The molecular formula is C14H19F3N2O. The third kappa shape index (κ3) is 6.25. The Kier molecular flexibility index (Phi) is 5.25. The number of nitrogens with one attached hydrogen (secondary N) is 2. The van der Waals surface area contributed by atoms with E-state index in [1.165, 1.54) is 25.0 Å². The van der Waals surface area contributed by atoms with Gasteiger partial charge in [-0.3, -0.25) is 0 Å². The topological polar surface area (TPSA) is 33.3 Å². The van der Waals surface area contributed by atoms with E-state index in [2.05, 4.69) is 15.4 Å². The average Bonchev–Trinajstić information content (AvgIpc) is 3.18. The first-order valence-electron chi connectivity index (χ1n) is 6.82. The molecule has 0 amide bonds. The molecule has 1 saturated carbocycles. The van der Waals surface area contributed by atoms with Gasteiger partial charge in [0, 0.05) is 12.6 Å². The first kappa shape index (κ1) is 15.1. The lowest BCUT2D eigenvalue weighted by Crippen LogP contribution is -2.23. The molecule has 2 rings (SSSR count). The largest absolute Gasteiger partial charge is 0.573 e. The molecule has 3 nitrogen and oxygen atoms in total. The van der Waals surface area contributed by atoms with E-state index in [1.54, 1.807) is 12.1 Å². The molecule has 0 unspecified atom stereocenters. The minimum Gasteiger partial charge on any atom is -0.406 e. The lowest BCUT2D eigenvalue weighted by atomic mass is 10.2. The van der Waals surface area contributed by atoms with Crippen LogP contribution in [-0.4, -0.2) is 25.5 Å². The first-order chi connectivity index (χ1) is 9.53. The molecule has 0 aromatic heterocycles. The number of halogens is 3. The van der Waals surface area contributed by atoms with Crippen LogP contribution in [0, 0.1) is 0 Å². The molecular weight excluding hydrogens is 269 g/mol. The van der Waals surface area contributed by atoms with Crippen LogP contribution in [0.25, 0.3) is 0 Å². The van der Waals surface area contributed by atoms with Gasteiger partial charge in [-0.15, -0.1) is 13.2 Å². The molecule has 0 radical (unpaired) electrons. The molecule has 6 heteroatoms. The third-order valence-corrected chi connectivity index (χ3v) is 3.03. The normalized spacial score (nSPS) is 15.3. The number of alkyl halides is 3. The second-order valence-electron chi connectivity index (χ2n) is 4.95. The van der Waals surface area contributed by atoms with Crippen LogP contribution in [-0.2, 0) is 6.54 Å². The van der Waals surface area contributed by atoms with Crippen LogP contribution in [0.2, 0.25) is 0 Å². The maximum absolute atomic E-state index is 12.0. The highest BCUT2D eigenvalue weighted by Gasteiger charge is 2.30. The predicted octanol–water partition coefficient (Wildman–Crippen LogP) is 2.82. The second kappa shape index (κ2) is 6.95. The monoisotopic (exact) mass is 288 g/mol. The average molecular weight is 288 g/mol. The van der Waals surface area contributed by atoms with Crippen molar-refractivity contribution in [2.75, 3.05) is 13.1 Å². The lowest BCUT2D eigenvalue weighted by molar-refractivity contribution is -0.274. The van der Waals surface area contributed by atoms with Crippen molar-refractivity contribution in [2.45, 2.75) is 38.2 Å². The minimum atomic E-state index is -4.63. The highest BCUT2D eigenvalue weighted by atomic mass is 19.4. The summed E-state index contributed by atoms with van der Waals surface area (Å²) in [5.74, 6) is -0.185. The summed E-state index contributed by atoms with van der Waals surface area (Å²) in [6.45, 7) is 2.55. The summed E-state index contributed by atoms with van der Waals surface area (Å²) in [5, 5.41) is 6.68. The number of hydrogen-bond acceptors (Lipinski definition) is 3. The van der Waals surface area contributed by atoms with Crippen LogP contribution in [0.15, 0.2) is 24.3 Å². The lowest BCUT2D eigenvalue weighted by Gasteiger charge is -2.10. The zero-order chi connectivity index (χ0) is 14.4. The first-order valence-corrected chi connectivity index (χ1v) is 6.82. The SMILES string of the molecule is FC(F)(F)Oc1ccc(CNCCCNC2CC2)cc1. The van der Waals surface area contributed by atoms with Gasteiger partial charge in [-0.2, -0.15) is 0 Å². The molecule has 0 spiro atoms. The Bertz CT molecular complexity index is 402. The van der Waals surface area contributed by atoms with Crippen molar-refractivity contribution in [3.8, 4) is 5.75 Å². The highest BCUT2D eigenvalue weighted by Crippen LogP contribution is 2.22. The standard InChI is InChI=1S/C14H19F3N2O/c15-14(16,17)20-13-6-2-11(3-7-13)10-18-8-1-9-19-12-4-5-12/h2-3,6-7,12,18-19H,1,4-5,8-10H2. The fourth-order valence-electron chi connectivity index (χ4n) is 1.85. The summed E-state index contributed by atoms with van der Waals surface area (Å²) in [4.78, 5) is 0. The minimum absolute atomic E-state index is 0.185. The zero-order valence-electron chi connectivity index (χ0n) is 11.2. The van der Waals surface area contributed by atoms with Crippen LogP contribution in [0.4, 0.5) is 13.2 Å². The number of hydrogen-bond donors (Lipinski definition) is 2. The van der Waals surface area contributed by atoms with Crippen molar-refractivity contribution >= 4 is 0 Å². The van der Waals surface area contributed by atoms with Crippen LogP contribution < -0.4 is 15.4 Å². The van der Waals surface area contributed by atoms with E-state index in [0.717, 1.165) is 31.1 Å². The fourth-order valence-corrected chi connectivity index (χ4v) is 1.85. The summed E-state index contributed by atoms with van der Waals surface area (Å²) in [7, 11) is 0. The van der Waals surface area contributed by atoms with Crippen LogP contribution in [0.5, 0.6) is 5.75 Å². The summed E-state index contributed by atoms with van der Waals surface area (Å²) in [5.41, 5.74) is 0.940. The summed E-state index contributed by atoms with van der Waals surface area (Å²) >= 11 is 0. The second-order valence-corrected chi connectivity index (χ2v) is 4.95. The molecule has 0 heterocycles. The molecule has 2 N–H and O–H groups in total. The molecule has 1 aliphatic rings. The Labute approximate surface area is 116 Å². The van der Waals surface area contributed by atoms with Gasteiger partial charge in [-0.25, -0.2) is 0 Å². The Morgan fingerprint density at radius 1 is 1.10 bits per heavy atom. The van der Waals surface area contributed by atoms with E-state index < -0.39 is 6.36 Å². The van der Waals surface area contributed by atoms with Gasteiger partial charge in [0.2, 0.25) is 0 Å². The van der Waals surface area contributed by atoms with Gasteiger partial charge in [0.05, 0.1) is 0 Å². The molecule has 0 atom stereocenters. The van der Waals surface area contributed by atoms with Gasteiger partial charge in [0.1, 0.15) is 5.75 Å². The van der Waals surface area contributed by atoms with E-state index in [-0.39, 0.29) is 5.75 Å². The van der Waals surface area contributed by atoms with Gasteiger partial charge in [0.25, 0.3) is 0 Å². The highest BCUT2D eigenvalue weighted by molar-refractivity contribution is 5.27. The van der Waals surface area contributed by atoms with Crippen LogP contribution in [0.1, 0.15) is 24.8 Å². The maximum atomic E-state index is 12.0. The molecule has 20 heavy (non-hydrogen) atoms. The summed E-state index contributed by atoms with van der Waals surface area (Å²) in [6.07, 6.45) is -1.00. The van der Waals surface area contributed by atoms with E-state index in [0.29, 0.717) is 6.54 Å². The molecule has 0 aliphatic heterocycles. The van der Waals surface area contributed by atoms with Crippen molar-refractivity contribution in [3.05, 3.63) is 29.8 Å². The van der Waals surface area contributed by atoms with Crippen LogP contribution >= 0.6 is 0 Å². The molecule has 112 valence electrons. The number of benzene rings is 1. The van der Waals surface area contributed by atoms with Crippen molar-refractivity contribution in [1.82, 2.24) is 10.6 Å². The molecule has 0 saturated heterocycles. The van der Waals surface area contributed by atoms with Gasteiger partial charge < -0.3 is 15.4 Å². The zero-order valence-corrected chi connectivity index (χ0v) is 11.2. The number of ether oxygens (including phenoxy) is 1. The Morgan fingerprint density at radius 3 is 2.40 bits per heavy atom.